The van der Waals surface area contributed by atoms with E-state index in [1.54, 1.807) is 30.3 Å². The van der Waals surface area contributed by atoms with E-state index in [2.05, 4.69) is 12.2 Å². The van der Waals surface area contributed by atoms with Gasteiger partial charge in [0.15, 0.2) is 0 Å². The molecule has 0 heterocycles. The lowest BCUT2D eigenvalue weighted by Gasteiger charge is -2.13. The molecule has 116 valence electrons. The second-order valence-corrected chi connectivity index (χ2v) is 5.27. The van der Waals surface area contributed by atoms with Crippen molar-refractivity contribution in [3.8, 4) is 5.75 Å². The molecule has 0 spiro atoms. The van der Waals surface area contributed by atoms with Crippen molar-refractivity contribution < 1.29 is 14.6 Å². The summed E-state index contributed by atoms with van der Waals surface area (Å²) in [5.41, 5.74) is 2.06. The molecule has 2 N–H and O–H groups in total. The summed E-state index contributed by atoms with van der Waals surface area (Å²) < 4.78 is 5.70. The number of hydrogen-bond donors (Lipinski definition) is 2. The van der Waals surface area contributed by atoms with Crippen molar-refractivity contribution >= 4 is 23.3 Å². The van der Waals surface area contributed by atoms with Crippen molar-refractivity contribution in [3.05, 3.63) is 58.6 Å². The molecule has 0 unspecified atom stereocenters. The Balaban J connectivity index is 2.06. The Kier molecular flexibility index (Phi) is 5.67. The third-order valence-corrected chi connectivity index (χ3v) is 3.33. The second-order valence-electron chi connectivity index (χ2n) is 4.84. The smallest absolute Gasteiger partial charge is 0.335 e. The Morgan fingerprint density at radius 1 is 1.23 bits per heavy atom. The number of ether oxygens (including phenoxy) is 1. The summed E-state index contributed by atoms with van der Waals surface area (Å²) in [5.74, 6) is -0.127. The van der Waals surface area contributed by atoms with Crippen molar-refractivity contribution in [2.24, 2.45) is 0 Å². The van der Waals surface area contributed by atoms with Gasteiger partial charge in [-0.3, -0.25) is 0 Å². The lowest BCUT2D eigenvalue weighted by molar-refractivity contribution is 0.0697. The molecule has 2 aromatic rings. The van der Waals surface area contributed by atoms with Crippen molar-refractivity contribution in [2.75, 3.05) is 11.9 Å². The van der Waals surface area contributed by atoms with Crippen LogP contribution in [0.1, 0.15) is 29.3 Å². The number of carbonyl (C=O) groups is 1. The number of carboxylic acid groups (broad SMARTS) is 1. The quantitative estimate of drug-likeness (QED) is 0.792. The van der Waals surface area contributed by atoms with Crippen LogP contribution >= 0.6 is 11.6 Å². The van der Waals surface area contributed by atoms with Gasteiger partial charge in [-0.05, 0) is 48.9 Å². The Morgan fingerprint density at radius 2 is 1.95 bits per heavy atom. The summed E-state index contributed by atoms with van der Waals surface area (Å²) >= 11 is 6.04. The number of halogens is 1. The summed E-state index contributed by atoms with van der Waals surface area (Å²) in [6, 6.07) is 12.1. The van der Waals surface area contributed by atoms with Crippen LogP contribution in [0.25, 0.3) is 0 Å². The van der Waals surface area contributed by atoms with E-state index in [0.717, 1.165) is 23.4 Å². The molecule has 0 saturated heterocycles. The molecule has 4 nitrogen and oxygen atoms in total. The van der Waals surface area contributed by atoms with E-state index < -0.39 is 5.97 Å². The van der Waals surface area contributed by atoms with E-state index in [4.69, 9.17) is 21.4 Å². The average Bonchev–Trinajstić information content (AvgIpc) is 2.52. The van der Waals surface area contributed by atoms with Crippen molar-refractivity contribution in [2.45, 2.75) is 19.9 Å². The van der Waals surface area contributed by atoms with E-state index in [1.165, 1.54) is 0 Å². The molecule has 0 aromatic heterocycles. The molecule has 0 fully saturated rings. The number of aromatic carboxylic acids is 1. The highest BCUT2D eigenvalue weighted by Gasteiger charge is 2.06. The number of anilines is 1. The van der Waals surface area contributed by atoms with Gasteiger partial charge in [-0.25, -0.2) is 4.79 Å². The van der Waals surface area contributed by atoms with Crippen LogP contribution in [0.4, 0.5) is 5.69 Å². The van der Waals surface area contributed by atoms with Crippen LogP contribution in [0, 0.1) is 0 Å². The lowest BCUT2D eigenvalue weighted by atomic mass is 10.1. The monoisotopic (exact) mass is 319 g/mol. The average molecular weight is 320 g/mol. The molecule has 2 aromatic carbocycles. The molecule has 0 radical (unpaired) electrons. The van der Waals surface area contributed by atoms with Crippen LogP contribution in [0.2, 0.25) is 5.02 Å². The molecule has 5 heteroatoms. The van der Waals surface area contributed by atoms with E-state index in [9.17, 15) is 4.79 Å². The van der Waals surface area contributed by atoms with E-state index in [1.807, 2.05) is 12.1 Å². The first kappa shape index (κ1) is 16.2. The van der Waals surface area contributed by atoms with E-state index in [0.29, 0.717) is 18.2 Å². The SMILES string of the molecule is CCCOc1ccc(Cl)cc1CNc1ccc(C(=O)O)cc1. The topological polar surface area (TPSA) is 58.6 Å². The predicted octanol–water partition coefficient (Wildman–Crippen LogP) is 4.44. The minimum absolute atomic E-state index is 0.264. The maximum absolute atomic E-state index is 10.8. The van der Waals surface area contributed by atoms with Crippen molar-refractivity contribution in [3.63, 3.8) is 0 Å². The van der Waals surface area contributed by atoms with Crippen LogP contribution in [0.15, 0.2) is 42.5 Å². The van der Waals surface area contributed by atoms with Gasteiger partial charge in [0.1, 0.15) is 5.75 Å². The minimum Gasteiger partial charge on any atom is -0.493 e. The van der Waals surface area contributed by atoms with Crippen LogP contribution in [0.3, 0.4) is 0 Å². The van der Waals surface area contributed by atoms with Gasteiger partial charge in [0, 0.05) is 22.8 Å². The van der Waals surface area contributed by atoms with Crippen LogP contribution in [-0.2, 0) is 6.54 Å². The van der Waals surface area contributed by atoms with Crippen molar-refractivity contribution in [1.82, 2.24) is 0 Å². The first-order chi connectivity index (χ1) is 10.6. The zero-order valence-electron chi connectivity index (χ0n) is 12.3. The molecule has 0 amide bonds. The summed E-state index contributed by atoms with van der Waals surface area (Å²) in [6.07, 6.45) is 0.937. The number of hydrogen-bond acceptors (Lipinski definition) is 3. The molecular formula is C17H18ClNO3. The summed E-state index contributed by atoms with van der Waals surface area (Å²) in [4.78, 5) is 10.8. The fraction of sp³-hybridized carbons (Fsp3) is 0.235. The first-order valence-electron chi connectivity index (χ1n) is 7.08. The molecule has 0 aliphatic heterocycles. The molecular weight excluding hydrogens is 302 g/mol. The Hall–Kier alpha value is -2.20. The molecule has 22 heavy (non-hydrogen) atoms. The van der Waals surface area contributed by atoms with Gasteiger partial charge in [-0.1, -0.05) is 18.5 Å². The highest BCUT2D eigenvalue weighted by atomic mass is 35.5. The van der Waals surface area contributed by atoms with Gasteiger partial charge in [0.25, 0.3) is 0 Å². The lowest BCUT2D eigenvalue weighted by Crippen LogP contribution is -2.04. The number of benzene rings is 2. The first-order valence-corrected chi connectivity index (χ1v) is 7.46. The highest BCUT2D eigenvalue weighted by Crippen LogP contribution is 2.24. The van der Waals surface area contributed by atoms with Gasteiger partial charge < -0.3 is 15.2 Å². The highest BCUT2D eigenvalue weighted by molar-refractivity contribution is 6.30. The standard InChI is InChI=1S/C17H18ClNO3/c1-2-9-22-16-8-5-14(18)10-13(16)11-19-15-6-3-12(4-7-15)17(20)21/h3-8,10,19H,2,9,11H2,1H3,(H,20,21). The van der Waals surface area contributed by atoms with Gasteiger partial charge in [-0.2, -0.15) is 0 Å². The third kappa shape index (κ3) is 4.40. The number of nitrogens with one attached hydrogen (secondary N) is 1. The Labute approximate surface area is 134 Å². The summed E-state index contributed by atoms with van der Waals surface area (Å²) in [6.45, 7) is 3.26. The van der Waals surface area contributed by atoms with Gasteiger partial charge in [0.2, 0.25) is 0 Å². The van der Waals surface area contributed by atoms with Gasteiger partial charge in [-0.15, -0.1) is 0 Å². The maximum Gasteiger partial charge on any atom is 0.335 e. The molecule has 2 rings (SSSR count). The van der Waals surface area contributed by atoms with Gasteiger partial charge in [0.05, 0.1) is 12.2 Å². The number of carboxylic acids is 1. The molecule has 0 aliphatic rings. The summed E-state index contributed by atoms with van der Waals surface area (Å²) in [5, 5.41) is 12.8. The Bertz CT molecular complexity index is 641. The molecule has 0 saturated carbocycles. The molecule has 0 aliphatic carbocycles. The maximum atomic E-state index is 10.8. The van der Waals surface area contributed by atoms with E-state index in [-0.39, 0.29) is 5.56 Å². The fourth-order valence-corrected chi connectivity index (χ4v) is 2.16. The third-order valence-electron chi connectivity index (χ3n) is 3.10. The van der Waals surface area contributed by atoms with E-state index >= 15 is 0 Å². The molecule has 0 atom stereocenters. The van der Waals surface area contributed by atoms with Crippen LogP contribution in [0.5, 0.6) is 5.75 Å². The Morgan fingerprint density at radius 3 is 2.59 bits per heavy atom. The largest absolute Gasteiger partial charge is 0.493 e. The fourth-order valence-electron chi connectivity index (χ4n) is 1.97. The zero-order chi connectivity index (χ0) is 15.9. The second kappa shape index (κ2) is 7.71. The van der Waals surface area contributed by atoms with Crippen molar-refractivity contribution in [1.29, 1.82) is 0 Å². The van der Waals surface area contributed by atoms with Crippen LogP contribution in [-0.4, -0.2) is 17.7 Å². The number of rotatable bonds is 7. The normalized spacial score (nSPS) is 10.3. The molecule has 0 bridgehead atoms. The predicted molar refractivity (Wildman–Crippen MR) is 88.0 cm³/mol. The van der Waals surface area contributed by atoms with Gasteiger partial charge >= 0.3 is 5.97 Å². The summed E-state index contributed by atoms with van der Waals surface area (Å²) in [7, 11) is 0. The van der Waals surface area contributed by atoms with Crippen LogP contribution < -0.4 is 10.1 Å². The zero-order valence-corrected chi connectivity index (χ0v) is 13.1. The minimum atomic E-state index is -0.934.